The monoisotopic (exact) mass is 378 g/mol. The average Bonchev–Trinajstić information content (AvgIpc) is 3.35. The Morgan fingerprint density at radius 2 is 1.79 bits per heavy atom. The van der Waals surface area contributed by atoms with Gasteiger partial charge in [-0.3, -0.25) is 4.40 Å². The number of aryl methyl sites for hydroxylation is 2. The number of piperazine rings is 1. The highest BCUT2D eigenvalue weighted by Crippen LogP contribution is 2.25. The van der Waals surface area contributed by atoms with E-state index in [4.69, 9.17) is 0 Å². The van der Waals surface area contributed by atoms with Gasteiger partial charge in [-0.25, -0.2) is 9.97 Å². The fourth-order valence-electron chi connectivity index (χ4n) is 3.84. The molecule has 144 valence electrons. The molecule has 4 aromatic rings. The molecule has 10 nitrogen and oxygen atoms in total. The van der Waals surface area contributed by atoms with E-state index in [0.717, 1.165) is 67.0 Å². The van der Waals surface area contributed by atoms with Crippen LogP contribution in [0.3, 0.4) is 0 Å². The van der Waals surface area contributed by atoms with E-state index in [1.165, 1.54) is 0 Å². The normalized spacial score (nSPS) is 15.1. The van der Waals surface area contributed by atoms with Crippen LogP contribution in [0.5, 0.6) is 0 Å². The van der Waals surface area contributed by atoms with Crippen LogP contribution in [-0.2, 0) is 6.42 Å². The summed E-state index contributed by atoms with van der Waals surface area (Å²) >= 11 is 0. The summed E-state index contributed by atoms with van der Waals surface area (Å²) in [7, 11) is 0. The second kappa shape index (κ2) is 6.39. The Hall–Kier alpha value is -3.30. The van der Waals surface area contributed by atoms with Crippen molar-refractivity contribution in [3.63, 3.8) is 0 Å². The molecule has 0 aromatic carbocycles. The van der Waals surface area contributed by atoms with Gasteiger partial charge in [-0.1, -0.05) is 6.92 Å². The zero-order valence-electron chi connectivity index (χ0n) is 16.2. The fourth-order valence-corrected chi connectivity index (χ4v) is 3.84. The first kappa shape index (κ1) is 16.8. The molecule has 1 fully saturated rings. The first-order valence-electron chi connectivity index (χ1n) is 9.52. The molecule has 5 heterocycles. The predicted octanol–water partition coefficient (Wildman–Crippen LogP) is 1.07. The van der Waals surface area contributed by atoms with Crippen LogP contribution in [0.1, 0.15) is 24.0 Å². The summed E-state index contributed by atoms with van der Waals surface area (Å²) in [5.41, 5.74) is 2.94. The minimum atomic E-state index is 0.641. The van der Waals surface area contributed by atoms with E-state index < -0.39 is 0 Å². The SMILES string of the molecule is CCc1nnc2c(N3CCN(c4c(C)c(C)nc5ncnn45)CC3)nccn12. The second-order valence-electron chi connectivity index (χ2n) is 7.01. The van der Waals surface area contributed by atoms with Crippen molar-refractivity contribution >= 4 is 23.1 Å². The lowest BCUT2D eigenvalue weighted by atomic mass is 10.2. The zero-order valence-corrected chi connectivity index (χ0v) is 16.2. The van der Waals surface area contributed by atoms with Crippen LogP contribution in [0, 0.1) is 13.8 Å². The number of nitrogens with zero attached hydrogens (tertiary/aromatic N) is 10. The fraction of sp³-hybridized carbons (Fsp3) is 0.444. The average molecular weight is 378 g/mol. The third-order valence-corrected chi connectivity index (χ3v) is 5.45. The van der Waals surface area contributed by atoms with Crippen LogP contribution in [0.4, 0.5) is 11.6 Å². The van der Waals surface area contributed by atoms with Crippen molar-refractivity contribution < 1.29 is 0 Å². The van der Waals surface area contributed by atoms with Crippen molar-refractivity contribution in [2.24, 2.45) is 0 Å². The summed E-state index contributed by atoms with van der Waals surface area (Å²) in [5, 5.41) is 13.0. The number of fused-ring (bicyclic) bond motifs is 2. The summed E-state index contributed by atoms with van der Waals surface area (Å²) in [6.07, 6.45) is 6.15. The van der Waals surface area contributed by atoms with Gasteiger partial charge in [0.15, 0.2) is 5.82 Å². The summed E-state index contributed by atoms with van der Waals surface area (Å²) in [5.74, 6) is 3.56. The Labute approximate surface area is 161 Å². The minimum Gasteiger partial charge on any atom is -0.353 e. The molecule has 0 atom stereocenters. The van der Waals surface area contributed by atoms with E-state index in [0.29, 0.717) is 5.78 Å². The largest absolute Gasteiger partial charge is 0.353 e. The van der Waals surface area contributed by atoms with Gasteiger partial charge in [0.25, 0.3) is 5.78 Å². The molecule has 1 saturated heterocycles. The van der Waals surface area contributed by atoms with E-state index in [9.17, 15) is 0 Å². The molecule has 1 aliphatic rings. The molecule has 0 saturated carbocycles. The lowest BCUT2D eigenvalue weighted by Crippen LogP contribution is -2.48. The number of hydrogen-bond acceptors (Lipinski definition) is 8. The molecule has 4 aromatic heterocycles. The van der Waals surface area contributed by atoms with E-state index in [1.807, 2.05) is 28.2 Å². The van der Waals surface area contributed by atoms with E-state index in [2.05, 4.69) is 53.9 Å². The number of hydrogen-bond donors (Lipinski definition) is 0. The van der Waals surface area contributed by atoms with E-state index >= 15 is 0 Å². The Morgan fingerprint density at radius 3 is 2.57 bits per heavy atom. The standard InChI is InChI=1S/C18H22N10/c1-4-14-23-24-16-15(19-5-6-27(14)16)25-7-9-26(10-8-25)17-12(2)13(3)22-18-20-11-21-28(17)18/h5-6,11H,4,7-10H2,1-3H3. The molecule has 0 radical (unpaired) electrons. The van der Waals surface area contributed by atoms with Crippen LogP contribution < -0.4 is 9.80 Å². The highest BCUT2D eigenvalue weighted by atomic mass is 15.4. The molecule has 0 spiro atoms. The Kier molecular flexibility index (Phi) is 3.85. The molecule has 0 bridgehead atoms. The highest BCUT2D eigenvalue weighted by Gasteiger charge is 2.25. The van der Waals surface area contributed by atoms with Gasteiger partial charge in [-0.2, -0.15) is 14.6 Å². The van der Waals surface area contributed by atoms with E-state index in [1.54, 1.807) is 6.33 Å². The minimum absolute atomic E-state index is 0.641. The van der Waals surface area contributed by atoms with Crippen molar-refractivity contribution in [2.75, 3.05) is 36.0 Å². The summed E-state index contributed by atoms with van der Waals surface area (Å²) < 4.78 is 3.87. The molecular weight excluding hydrogens is 356 g/mol. The summed E-state index contributed by atoms with van der Waals surface area (Å²) in [6, 6.07) is 0. The van der Waals surface area contributed by atoms with Crippen LogP contribution in [-0.4, -0.2) is 65.3 Å². The van der Waals surface area contributed by atoms with Crippen molar-refractivity contribution in [3.05, 3.63) is 35.8 Å². The van der Waals surface area contributed by atoms with Gasteiger partial charge in [-0.15, -0.1) is 10.2 Å². The molecule has 0 N–H and O–H groups in total. The van der Waals surface area contributed by atoms with Gasteiger partial charge in [0.2, 0.25) is 5.65 Å². The number of aromatic nitrogens is 8. The predicted molar refractivity (Wildman–Crippen MR) is 105 cm³/mol. The summed E-state index contributed by atoms with van der Waals surface area (Å²) in [6.45, 7) is 9.60. The topological polar surface area (TPSA) is 92.6 Å². The molecule has 0 unspecified atom stereocenters. The van der Waals surface area contributed by atoms with Crippen molar-refractivity contribution in [2.45, 2.75) is 27.2 Å². The maximum atomic E-state index is 4.60. The Bertz CT molecular complexity index is 1150. The molecule has 0 aliphatic carbocycles. The van der Waals surface area contributed by atoms with Crippen molar-refractivity contribution in [1.82, 2.24) is 39.2 Å². The summed E-state index contributed by atoms with van der Waals surface area (Å²) in [4.78, 5) is 18.0. The molecule has 5 rings (SSSR count). The van der Waals surface area contributed by atoms with Gasteiger partial charge >= 0.3 is 0 Å². The van der Waals surface area contributed by atoms with Gasteiger partial charge in [0.05, 0.1) is 0 Å². The van der Waals surface area contributed by atoms with E-state index in [-0.39, 0.29) is 0 Å². The second-order valence-corrected chi connectivity index (χ2v) is 7.01. The van der Waals surface area contributed by atoms with Crippen LogP contribution >= 0.6 is 0 Å². The maximum absolute atomic E-state index is 4.60. The lowest BCUT2D eigenvalue weighted by Gasteiger charge is -2.37. The van der Waals surface area contributed by atoms with Gasteiger partial charge < -0.3 is 9.80 Å². The van der Waals surface area contributed by atoms with Gasteiger partial charge in [0, 0.05) is 56.3 Å². The highest BCUT2D eigenvalue weighted by molar-refractivity contribution is 5.65. The molecule has 10 heteroatoms. The Morgan fingerprint density at radius 1 is 1.00 bits per heavy atom. The van der Waals surface area contributed by atoms with Crippen LogP contribution in [0.15, 0.2) is 18.7 Å². The quantitative estimate of drug-likeness (QED) is 0.523. The number of rotatable bonds is 3. The smallest absolute Gasteiger partial charge is 0.254 e. The first-order valence-corrected chi connectivity index (χ1v) is 9.52. The molecule has 1 aliphatic heterocycles. The maximum Gasteiger partial charge on any atom is 0.254 e. The van der Waals surface area contributed by atoms with Crippen LogP contribution in [0.2, 0.25) is 0 Å². The van der Waals surface area contributed by atoms with Crippen molar-refractivity contribution in [3.8, 4) is 0 Å². The Balaban J connectivity index is 1.44. The van der Waals surface area contributed by atoms with Gasteiger partial charge in [-0.05, 0) is 13.8 Å². The van der Waals surface area contributed by atoms with Gasteiger partial charge in [0.1, 0.15) is 18.0 Å². The first-order chi connectivity index (χ1) is 13.7. The third kappa shape index (κ3) is 2.48. The van der Waals surface area contributed by atoms with Crippen LogP contribution in [0.25, 0.3) is 11.4 Å². The molecular formula is C18H22N10. The lowest BCUT2D eigenvalue weighted by molar-refractivity contribution is 0.631. The molecule has 0 amide bonds. The number of anilines is 2. The third-order valence-electron chi connectivity index (χ3n) is 5.45. The molecule has 28 heavy (non-hydrogen) atoms. The van der Waals surface area contributed by atoms with Crippen molar-refractivity contribution in [1.29, 1.82) is 0 Å². The zero-order chi connectivity index (χ0) is 19.3.